The third-order valence-electron chi connectivity index (χ3n) is 0. The number of rotatable bonds is 0. The van der Waals surface area contributed by atoms with Crippen molar-refractivity contribution in [2.24, 2.45) is 0 Å². The molecule has 0 N–H and O–H groups in total. The van der Waals surface area contributed by atoms with Crippen LogP contribution in [0.4, 0.5) is 0 Å². The van der Waals surface area contributed by atoms with Gasteiger partial charge in [0.05, 0.1) is 0 Å². The van der Waals surface area contributed by atoms with Gasteiger partial charge in [-0.1, -0.05) is 0 Å². The predicted octanol–water partition coefficient (Wildman–Crippen LogP) is -5.07. The van der Waals surface area contributed by atoms with Crippen molar-refractivity contribution in [3.63, 3.8) is 0 Å². The average Bonchev–Trinajstić information content (AvgIpc) is 1.70. The third kappa shape index (κ3) is 188. The van der Waals surface area contributed by atoms with Gasteiger partial charge in [-0.25, -0.2) is 0 Å². The van der Waals surface area contributed by atoms with Crippen LogP contribution in [0.3, 0.4) is 0 Å². The van der Waals surface area contributed by atoms with Crippen molar-refractivity contribution in [1.29, 1.82) is 0 Å². The van der Waals surface area contributed by atoms with E-state index in [0.717, 1.165) is 0 Å². The topological polar surface area (TPSA) is 120 Å². The van der Waals surface area contributed by atoms with Gasteiger partial charge in [-0.05, 0) is 0 Å². The molecule has 0 rings (SSSR count). The van der Waals surface area contributed by atoms with Gasteiger partial charge in [0.15, 0.2) is 0 Å². The van der Waals surface area contributed by atoms with Gasteiger partial charge in [-0.2, -0.15) is 0 Å². The molecule has 0 heterocycles. The Morgan fingerprint density at radius 3 is 0.727 bits per heavy atom. The summed E-state index contributed by atoms with van der Waals surface area (Å²) >= 11 is -5.25. The minimum absolute atomic E-state index is 0. The molecule has 0 unspecified atom stereocenters. The molecule has 0 atom stereocenters. The van der Waals surface area contributed by atoms with E-state index < -0.39 is 46.5 Å². The van der Waals surface area contributed by atoms with Crippen LogP contribution in [-0.4, -0.2) is 46.5 Å². The normalized spacial score (nSPS) is 2.18. The van der Waals surface area contributed by atoms with Crippen LogP contribution in [0.1, 0.15) is 0 Å². The van der Waals surface area contributed by atoms with E-state index in [4.69, 9.17) is 23.9 Å². The molecular weight excluding hydrogens is 423 g/mol. The smallest absolute Gasteiger partial charge is 0 e. The van der Waals surface area contributed by atoms with E-state index >= 15 is 0 Å². The van der Waals surface area contributed by atoms with E-state index in [9.17, 15) is 0 Å². The fourth-order valence-corrected chi connectivity index (χ4v) is 0. The summed E-state index contributed by atoms with van der Waals surface area (Å²) in [7, 11) is 0. The summed E-state index contributed by atoms with van der Waals surface area (Å²) in [6.45, 7) is 0. The quantitative estimate of drug-likeness (QED) is 0.360. The Hall–Kier alpha value is 2.83. The summed E-state index contributed by atoms with van der Waals surface area (Å²) in [5, 5.41) is 0. The SMILES string of the molecule is [Gd+3].[O]=[Al][O-].[O]=[Al][O-].[O]=[Al][O-].[Y]. The summed E-state index contributed by atoms with van der Waals surface area (Å²) in [5.41, 5.74) is 0. The zero-order valence-corrected chi connectivity index (χ0v) is 13.7. The van der Waals surface area contributed by atoms with Crippen molar-refractivity contribution in [2.75, 3.05) is 0 Å². The maximum atomic E-state index is 8.46. The second-order valence-corrected chi connectivity index (χ2v) is 0.866. The molecule has 0 aromatic rings. The van der Waals surface area contributed by atoms with Crippen LogP contribution in [0.15, 0.2) is 0 Å². The molecule has 0 aromatic heterocycles. The molecule has 0 fully saturated rings. The monoisotopic (exact) mass is 424 g/mol. The Morgan fingerprint density at radius 1 is 0.727 bits per heavy atom. The van der Waals surface area contributed by atoms with E-state index in [-0.39, 0.29) is 72.6 Å². The van der Waals surface area contributed by atoms with E-state index in [1.807, 2.05) is 0 Å². The molecule has 0 bridgehead atoms. The largest absolute Gasteiger partial charge is 0 e. The first-order valence-corrected chi connectivity index (χ1v) is 4.24. The molecule has 0 saturated heterocycles. The van der Waals surface area contributed by atoms with Crippen molar-refractivity contribution >= 4 is 46.5 Å². The Kier molecular flexibility index (Phi) is 140. The van der Waals surface area contributed by atoms with E-state index in [0.29, 0.717) is 0 Å². The minimum Gasteiger partial charge on any atom is 0 e. The van der Waals surface area contributed by atoms with Gasteiger partial charge in [0.25, 0.3) is 0 Å². The first-order chi connectivity index (χ1) is 4.24. The second-order valence-electron chi connectivity index (χ2n) is 0.289. The molecule has 0 saturated carbocycles. The molecule has 0 aromatic carbocycles. The summed E-state index contributed by atoms with van der Waals surface area (Å²) in [4.78, 5) is 0. The van der Waals surface area contributed by atoms with Crippen LogP contribution < -0.4 is 12.5 Å². The van der Waals surface area contributed by atoms with E-state index in [1.54, 1.807) is 0 Å². The third-order valence-corrected chi connectivity index (χ3v) is 0. The molecular formula is Al3GdO6Y. The molecule has 0 spiro atoms. The second kappa shape index (κ2) is 52.8. The van der Waals surface area contributed by atoms with Crippen LogP contribution in [-0.2, 0) is 44.1 Å². The first-order valence-electron chi connectivity index (χ1n) is 1.41. The van der Waals surface area contributed by atoms with Gasteiger partial charge in [0.1, 0.15) is 0 Å². The minimum atomic E-state index is -1.75. The predicted molar refractivity (Wildman–Crippen MR) is 19.3 cm³/mol. The van der Waals surface area contributed by atoms with Crippen molar-refractivity contribution < 1.29 is 96.5 Å². The Labute approximate surface area is 140 Å². The molecule has 11 heteroatoms. The zero-order chi connectivity index (χ0) is 8.12. The first kappa shape index (κ1) is 29.2. The van der Waals surface area contributed by atoms with Gasteiger partial charge >= 0.3 is 110 Å². The molecule has 2 radical (unpaired) electrons. The molecule has 0 amide bonds. The van der Waals surface area contributed by atoms with Crippen LogP contribution in [0, 0.1) is 39.9 Å². The van der Waals surface area contributed by atoms with E-state index in [2.05, 4.69) is 0 Å². The van der Waals surface area contributed by atoms with E-state index in [1.165, 1.54) is 0 Å². The fraction of sp³-hybridized carbons (Fsp3) is 0. The van der Waals surface area contributed by atoms with Gasteiger partial charge in [-0.3, -0.25) is 0 Å². The van der Waals surface area contributed by atoms with Crippen LogP contribution in [0.5, 0.6) is 0 Å². The zero-order valence-electron chi connectivity index (χ0n) is 5.11. The Balaban J connectivity index is -0.0000000150. The van der Waals surface area contributed by atoms with Gasteiger partial charge in [-0.15, -0.1) is 0 Å². The number of hydrogen-bond acceptors (Lipinski definition) is 6. The summed E-state index contributed by atoms with van der Waals surface area (Å²) in [6, 6.07) is 0. The van der Waals surface area contributed by atoms with Crippen molar-refractivity contribution in [3.8, 4) is 0 Å². The van der Waals surface area contributed by atoms with Gasteiger partial charge in [0.2, 0.25) is 0 Å². The summed E-state index contributed by atoms with van der Waals surface area (Å²) < 4.78 is 50.8. The molecule has 0 aliphatic carbocycles. The van der Waals surface area contributed by atoms with Gasteiger partial charge < -0.3 is 0 Å². The fourth-order valence-electron chi connectivity index (χ4n) is 0. The molecule has 0 aliphatic rings. The standard InChI is InChI=1S/3Al.Gd.6O.Y/q;;;+3;;;;3*-1;. The molecule has 0 aliphatic heterocycles. The van der Waals surface area contributed by atoms with Crippen LogP contribution in [0.25, 0.3) is 0 Å². The molecule has 6 nitrogen and oxygen atoms in total. The molecule has 11 heavy (non-hydrogen) atoms. The summed E-state index contributed by atoms with van der Waals surface area (Å²) in [6.07, 6.45) is 0. The van der Waals surface area contributed by atoms with Crippen LogP contribution >= 0.6 is 0 Å². The van der Waals surface area contributed by atoms with Crippen molar-refractivity contribution in [3.05, 3.63) is 0 Å². The Bertz CT molecular complexity index is 54.6. The maximum absolute atomic E-state index is 8.46. The maximum Gasteiger partial charge on any atom is 0 e. The molecule has 56 valence electrons. The summed E-state index contributed by atoms with van der Waals surface area (Å²) in [5.74, 6) is 0. The van der Waals surface area contributed by atoms with Gasteiger partial charge in [0, 0.05) is 32.7 Å². The van der Waals surface area contributed by atoms with Crippen molar-refractivity contribution in [2.45, 2.75) is 0 Å². The Morgan fingerprint density at radius 2 is 0.727 bits per heavy atom. The number of hydrogen-bond donors (Lipinski definition) is 0. The average molecular weight is 423 g/mol. The van der Waals surface area contributed by atoms with Crippen molar-refractivity contribution in [1.82, 2.24) is 0 Å². The van der Waals surface area contributed by atoms with Crippen LogP contribution in [0.2, 0.25) is 0 Å².